The Morgan fingerprint density at radius 1 is 1.37 bits per heavy atom. The second-order valence-corrected chi connectivity index (χ2v) is 5.75. The van der Waals surface area contributed by atoms with Crippen LogP contribution in [-0.4, -0.2) is 46.9 Å². The van der Waals surface area contributed by atoms with Gasteiger partial charge in [-0.2, -0.15) is 0 Å². The van der Waals surface area contributed by atoms with Crippen LogP contribution in [0.2, 0.25) is 0 Å². The van der Waals surface area contributed by atoms with Crippen molar-refractivity contribution in [1.29, 1.82) is 0 Å². The fraction of sp³-hybridized carbons (Fsp3) is 0.769. The van der Waals surface area contributed by atoms with Gasteiger partial charge in [-0.15, -0.1) is 0 Å². The summed E-state index contributed by atoms with van der Waals surface area (Å²) in [5, 5.41) is 11.8. The normalized spacial score (nSPS) is 19.9. The maximum atomic E-state index is 12.1. The second-order valence-electron chi connectivity index (χ2n) is 5.75. The number of carbonyl (C=O) groups is 3. The van der Waals surface area contributed by atoms with Crippen LogP contribution in [0.5, 0.6) is 0 Å². The molecule has 1 aliphatic rings. The van der Waals surface area contributed by atoms with Crippen LogP contribution < -0.4 is 5.32 Å². The van der Waals surface area contributed by atoms with E-state index < -0.39 is 11.4 Å². The van der Waals surface area contributed by atoms with Crippen LogP contribution in [0.25, 0.3) is 0 Å². The van der Waals surface area contributed by atoms with Gasteiger partial charge in [0.25, 0.3) is 0 Å². The molecule has 1 fully saturated rings. The van der Waals surface area contributed by atoms with Gasteiger partial charge >= 0.3 is 5.97 Å². The van der Waals surface area contributed by atoms with Crippen molar-refractivity contribution < 1.29 is 19.5 Å². The average molecular weight is 270 g/mol. The fourth-order valence-electron chi connectivity index (χ4n) is 2.17. The molecule has 1 unspecified atom stereocenters. The molecule has 19 heavy (non-hydrogen) atoms. The maximum Gasteiger partial charge on any atom is 0.309 e. The van der Waals surface area contributed by atoms with E-state index in [1.165, 1.54) is 6.92 Å². The summed E-state index contributed by atoms with van der Waals surface area (Å²) in [7, 11) is 0. The van der Waals surface area contributed by atoms with Crippen molar-refractivity contribution in [2.24, 2.45) is 5.41 Å². The molecular formula is C13H22N2O4. The molecule has 0 aliphatic carbocycles. The summed E-state index contributed by atoms with van der Waals surface area (Å²) < 4.78 is 0. The molecule has 1 rings (SSSR count). The molecule has 0 aromatic heterocycles. The third kappa shape index (κ3) is 4.54. The van der Waals surface area contributed by atoms with E-state index in [9.17, 15) is 14.4 Å². The van der Waals surface area contributed by atoms with Gasteiger partial charge in [-0.05, 0) is 26.7 Å². The zero-order chi connectivity index (χ0) is 14.6. The molecule has 108 valence electrons. The van der Waals surface area contributed by atoms with Crippen LogP contribution in [0.15, 0.2) is 0 Å². The Hall–Kier alpha value is -1.59. The molecule has 1 aliphatic heterocycles. The molecular weight excluding hydrogens is 248 g/mol. The lowest BCUT2D eigenvalue weighted by molar-refractivity contribution is -0.151. The number of hydrogen-bond donors (Lipinski definition) is 2. The standard InChI is InChI=1S/C13H22N2O4/c1-9(16)14-10-5-4-6-15(8-10)11(17)7-13(2,3)12(18)19/h10H,4-8H2,1-3H3,(H,14,16)(H,18,19). The largest absolute Gasteiger partial charge is 0.481 e. The summed E-state index contributed by atoms with van der Waals surface area (Å²) in [6.45, 7) is 5.64. The smallest absolute Gasteiger partial charge is 0.309 e. The SMILES string of the molecule is CC(=O)NC1CCCN(C(=O)CC(C)(C)C(=O)O)C1. The van der Waals surface area contributed by atoms with Crippen LogP contribution in [0.4, 0.5) is 0 Å². The molecule has 1 atom stereocenters. The quantitative estimate of drug-likeness (QED) is 0.783. The van der Waals surface area contributed by atoms with Gasteiger partial charge in [0.2, 0.25) is 11.8 Å². The Kier molecular flexibility index (Phi) is 4.91. The van der Waals surface area contributed by atoms with Gasteiger partial charge in [-0.3, -0.25) is 14.4 Å². The Bertz CT molecular complexity index is 379. The van der Waals surface area contributed by atoms with Crippen molar-refractivity contribution in [3.63, 3.8) is 0 Å². The summed E-state index contributed by atoms with van der Waals surface area (Å²) in [4.78, 5) is 35.8. The summed E-state index contributed by atoms with van der Waals surface area (Å²) in [5.41, 5.74) is -1.06. The molecule has 1 heterocycles. The number of aliphatic carboxylic acids is 1. The summed E-state index contributed by atoms with van der Waals surface area (Å²) >= 11 is 0. The number of hydrogen-bond acceptors (Lipinski definition) is 3. The molecule has 0 bridgehead atoms. The first-order valence-electron chi connectivity index (χ1n) is 6.50. The van der Waals surface area contributed by atoms with Gasteiger partial charge in [0, 0.05) is 32.5 Å². The first kappa shape index (κ1) is 15.5. The number of likely N-dealkylation sites (tertiary alicyclic amines) is 1. The number of piperidine rings is 1. The Morgan fingerprint density at radius 3 is 2.53 bits per heavy atom. The van der Waals surface area contributed by atoms with Gasteiger partial charge in [0.05, 0.1) is 5.41 Å². The minimum absolute atomic E-state index is 0.0187. The number of carbonyl (C=O) groups excluding carboxylic acids is 2. The minimum atomic E-state index is -1.06. The van der Waals surface area contributed by atoms with E-state index in [1.807, 2.05) is 0 Å². The fourth-order valence-corrected chi connectivity index (χ4v) is 2.17. The molecule has 1 saturated heterocycles. The Labute approximate surface area is 113 Å². The van der Waals surface area contributed by atoms with Crippen LogP contribution in [0.1, 0.15) is 40.0 Å². The van der Waals surface area contributed by atoms with E-state index in [0.717, 1.165) is 12.8 Å². The van der Waals surface area contributed by atoms with E-state index in [2.05, 4.69) is 5.32 Å². The molecule has 0 saturated carbocycles. The van der Waals surface area contributed by atoms with Gasteiger partial charge in [-0.25, -0.2) is 0 Å². The molecule has 6 heteroatoms. The number of nitrogens with zero attached hydrogens (tertiary/aromatic N) is 1. The molecule has 2 N–H and O–H groups in total. The molecule has 0 radical (unpaired) electrons. The van der Waals surface area contributed by atoms with Crippen LogP contribution in [0.3, 0.4) is 0 Å². The average Bonchev–Trinajstić information content (AvgIpc) is 2.27. The number of nitrogens with one attached hydrogen (secondary N) is 1. The number of amides is 2. The van der Waals surface area contributed by atoms with E-state index in [-0.39, 0.29) is 24.3 Å². The topological polar surface area (TPSA) is 86.7 Å². The van der Waals surface area contributed by atoms with Gasteiger partial charge in [-0.1, -0.05) is 0 Å². The predicted octanol–water partition coefficient (Wildman–Crippen LogP) is 0.614. The van der Waals surface area contributed by atoms with E-state index in [1.54, 1.807) is 18.7 Å². The zero-order valence-corrected chi connectivity index (χ0v) is 11.7. The van der Waals surface area contributed by atoms with Crippen molar-refractivity contribution in [1.82, 2.24) is 10.2 Å². The second kappa shape index (κ2) is 6.04. The maximum absolute atomic E-state index is 12.1. The van der Waals surface area contributed by atoms with Gasteiger partial charge in [0.1, 0.15) is 0 Å². The lowest BCUT2D eigenvalue weighted by atomic mass is 9.88. The number of carboxylic acids is 1. The van der Waals surface area contributed by atoms with Crippen molar-refractivity contribution in [2.45, 2.75) is 46.1 Å². The van der Waals surface area contributed by atoms with Crippen LogP contribution in [-0.2, 0) is 14.4 Å². The highest BCUT2D eigenvalue weighted by Gasteiger charge is 2.33. The van der Waals surface area contributed by atoms with E-state index >= 15 is 0 Å². The zero-order valence-electron chi connectivity index (χ0n) is 11.7. The molecule has 0 aromatic carbocycles. The van der Waals surface area contributed by atoms with E-state index in [0.29, 0.717) is 13.1 Å². The highest BCUT2D eigenvalue weighted by atomic mass is 16.4. The molecule has 6 nitrogen and oxygen atoms in total. The van der Waals surface area contributed by atoms with Crippen molar-refractivity contribution in [2.75, 3.05) is 13.1 Å². The van der Waals surface area contributed by atoms with Gasteiger partial charge in [0.15, 0.2) is 0 Å². The number of rotatable bonds is 4. The Morgan fingerprint density at radius 2 is 2.00 bits per heavy atom. The monoisotopic (exact) mass is 270 g/mol. The summed E-state index contributed by atoms with van der Waals surface area (Å²) in [6, 6.07) is -0.0249. The summed E-state index contributed by atoms with van der Waals surface area (Å²) in [5.74, 6) is -1.25. The van der Waals surface area contributed by atoms with Gasteiger partial charge < -0.3 is 15.3 Å². The third-order valence-corrected chi connectivity index (χ3v) is 3.35. The highest BCUT2D eigenvalue weighted by Crippen LogP contribution is 2.23. The minimum Gasteiger partial charge on any atom is -0.481 e. The molecule has 0 aromatic rings. The molecule has 2 amide bonds. The third-order valence-electron chi connectivity index (χ3n) is 3.35. The Balaban J connectivity index is 2.57. The van der Waals surface area contributed by atoms with Crippen molar-refractivity contribution >= 4 is 17.8 Å². The highest BCUT2D eigenvalue weighted by molar-refractivity contribution is 5.84. The first-order chi connectivity index (χ1) is 8.72. The lowest BCUT2D eigenvalue weighted by Gasteiger charge is -2.34. The van der Waals surface area contributed by atoms with E-state index in [4.69, 9.17) is 5.11 Å². The molecule has 0 spiro atoms. The number of carboxylic acid groups (broad SMARTS) is 1. The van der Waals surface area contributed by atoms with Crippen molar-refractivity contribution in [3.8, 4) is 0 Å². The van der Waals surface area contributed by atoms with Crippen LogP contribution >= 0.6 is 0 Å². The predicted molar refractivity (Wildman–Crippen MR) is 69.5 cm³/mol. The van der Waals surface area contributed by atoms with Crippen molar-refractivity contribution in [3.05, 3.63) is 0 Å². The first-order valence-corrected chi connectivity index (χ1v) is 6.50. The summed E-state index contributed by atoms with van der Waals surface area (Å²) in [6.07, 6.45) is 1.66. The lowest BCUT2D eigenvalue weighted by Crippen LogP contribution is -2.50. The van der Waals surface area contributed by atoms with Crippen LogP contribution in [0, 0.1) is 5.41 Å².